The molecule has 6 nitrogen and oxygen atoms in total. The summed E-state index contributed by atoms with van der Waals surface area (Å²) in [5.41, 5.74) is 7.55. The van der Waals surface area contributed by atoms with Crippen molar-refractivity contribution in [3.63, 3.8) is 0 Å². The highest BCUT2D eigenvalue weighted by Gasteiger charge is 2.62. The third-order valence-corrected chi connectivity index (χ3v) is 5.66. The van der Waals surface area contributed by atoms with Gasteiger partial charge in [0.1, 0.15) is 24.1 Å². The summed E-state index contributed by atoms with van der Waals surface area (Å²) in [6.45, 7) is 3.03. The molecule has 0 amide bonds. The molecule has 4 heterocycles. The summed E-state index contributed by atoms with van der Waals surface area (Å²) in [4.78, 5) is 8.86. The van der Waals surface area contributed by atoms with Crippen LogP contribution in [0.4, 0.5) is 0 Å². The third-order valence-electron chi connectivity index (χ3n) is 5.45. The van der Waals surface area contributed by atoms with Crippen molar-refractivity contribution in [2.45, 2.75) is 30.6 Å². The lowest BCUT2D eigenvalue weighted by molar-refractivity contribution is -0.0755. The van der Waals surface area contributed by atoms with E-state index in [4.69, 9.17) is 31.5 Å². The maximum absolute atomic E-state index is 6.35. The van der Waals surface area contributed by atoms with Crippen LogP contribution in [0, 0.1) is 0 Å². The second-order valence-corrected chi connectivity index (χ2v) is 7.62. The molecule has 0 radical (unpaired) electrons. The van der Waals surface area contributed by atoms with Crippen molar-refractivity contribution in [3.8, 4) is 16.9 Å². The lowest BCUT2D eigenvalue weighted by Gasteiger charge is -2.45. The van der Waals surface area contributed by atoms with Crippen LogP contribution in [0.15, 0.2) is 41.7 Å². The molecule has 1 aromatic carbocycles. The standard InChI is InChI=1S/C19H18ClN3O3/c1-18-4-5-24-16(18)19(10-25-17(21)23-19)14-7-11(2-3-15(14)26-18)12-6-13(20)9-22-8-12/h2-3,6-9,16H,4-5,10H2,1H3,(H2,21,23)/t16-,18+,19+/m1/s1. The van der Waals surface area contributed by atoms with Crippen LogP contribution in [0.1, 0.15) is 18.9 Å². The highest BCUT2D eigenvalue weighted by Crippen LogP contribution is 2.53. The first kappa shape index (κ1) is 15.9. The molecular formula is C19H18ClN3O3. The number of benzene rings is 1. The molecule has 0 unspecified atom stereocenters. The maximum atomic E-state index is 6.35. The summed E-state index contributed by atoms with van der Waals surface area (Å²) in [5.74, 6) is 0.787. The summed E-state index contributed by atoms with van der Waals surface area (Å²) in [7, 11) is 0. The normalized spacial score (nSPS) is 31.8. The van der Waals surface area contributed by atoms with Crippen LogP contribution in [-0.2, 0) is 15.0 Å². The van der Waals surface area contributed by atoms with E-state index in [1.807, 2.05) is 18.2 Å². The van der Waals surface area contributed by atoms with Crippen LogP contribution < -0.4 is 10.5 Å². The molecule has 26 heavy (non-hydrogen) atoms. The van der Waals surface area contributed by atoms with E-state index in [1.54, 1.807) is 12.4 Å². The van der Waals surface area contributed by atoms with Crippen molar-refractivity contribution < 1.29 is 14.2 Å². The van der Waals surface area contributed by atoms with Crippen LogP contribution in [0.2, 0.25) is 5.02 Å². The number of halogens is 1. The molecule has 134 valence electrons. The zero-order chi connectivity index (χ0) is 17.9. The Labute approximate surface area is 155 Å². The van der Waals surface area contributed by atoms with Crippen molar-refractivity contribution >= 4 is 17.6 Å². The first-order valence-electron chi connectivity index (χ1n) is 8.54. The van der Waals surface area contributed by atoms with Gasteiger partial charge >= 0.3 is 0 Å². The Balaban J connectivity index is 1.71. The number of rotatable bonds is 1. The fourth-order valence-electron chi connectivity index (χ4n) is 4.25. The molecule has 0 aliphatic carbocycles. The van der Waals surface area contributed by atoms with Gasteiger partial charge in [0.25, 0.3) is 6.02 Å². The SMILES string of the molecule is C[C@]12CCO[C@H]1[C@]1(COC(N)=N1)c1cc(-c3cncc(Cl)c3)ccc1O2. The van der Waals surface area contributed by atoms with Crippen molar-refractivity contribution in [2.75, 3.05) is 13.2 Å². The summed E-state index contributed by atoms with van der Waals surface area (Å²) in [5, 5.41) is 0.587. The minimum Gasteiger partial charge on any atom is -0.484 e. The summed E-state index contributed by atoms with van der Waals surface area (Å²) in [6.07, 6.45) is 3.94. The fourth-order valence-corrected chi connectivity index (χ4v) is 4.42. The molecule has 1 saturated heterocycles. The summed E-state index contributed by atoms with van der Waals surface area (Å²) >= 11 is 6.10. The Morgan fingerprint density at radius 3 is 2.88 bits per heavy atom. The Morgan fingerprint density at radius 2 is 2.12 bits per heavy atom. The van der Waals surface area contributed by atoms with E-state index in [9.17, 15) is 0 Å². The predicted octanol–water partition coefficient (Wildman–Crippen LogP) is 2.88. The number of aromatic nitrogens is 1. The smallest absolute Gasteiger partial charge is 0.283 e. The number of fused-ring (bicyclic) bond motifs is 4. The first-order valence-corrected chi connectivity index (χ1v) is 8.92. The minimum atomic E-state index is -0.703. The Bertz CT molecular complexity index is 934. The number of amidine groups is 1. The lowest BCUT2D eigenvalue weighted by atomic mass is 9.74. The number of ether oxygens (including phenoxy) is 3. The van der Waals surface area contributed by atoms with Gasteiger partial charge in [0.05, 0.1) is 11.6 Å². The van der Waals surface area contributed by atoms with Gasteiger partial charge in [-0.05, 0) is 30.7 Å². The molecule has 3 aliphatic rings. The minimum absolute atomic E-state index is 0.186. The van der Waals surface area contributed by atoms with Crippen LogP contribution in [0.5, 0.6) is 5.75 Å². The Kier molecular flexibility index (Phi) is 3.27. The number of hydrogen-bond donors (Lipinski definition) is 1. The number of aliphatic imine (C=N–C) groups is 1. The monoisotopic (exact) mass is 371 g/mol. The molecule has 0 saturated carbocycles. The van der Waals surface area contributed by atoms with Crippen LogP contribution >= 0.6 is 11.6 Å². The topological polar surface area (TPSA) is 79.0 Å². The Hall–Kier alpha value is -2.31. The molecule has 1 spiro atoms. The van der Waals surface area contributed by atoms with Gasteiger partial charge in [0.2, 0.25) is 0 Å². The second kappa shape index (κ2) is 5.34. The number of nitrogens with two attached hydrogens (primary N) is 1. The van der Waals surface area contributed by atoms with E-state index in [0.29, 0.717) is 18.2 Å². The number of hydrogen-bond acceptors (Lipinski definition) is 6. The van der Waals surface area contributed by atoms with E-state index in [1.165, 1.54) is 0 Å². The average molecular weight is 372 g/mol. The summed E-state index contributed by atoms with van der Waals surface area (Å²) < 4.78 is 18.0. The highest BCUT2D eigenvalue weighted by atomic mass is 35.5. The van der Waals surface area contributed by atoms with Gasteiger partial charge in [0.15, 0.2) is 5.54 Å². The van der Waals surface area contributed by atoms with Gasteiger partial charge in [-0.25, -0.2) is 4.99 Å². The number of nitrogens with zero attached hydrogens (tertiary/aromatic N) is 2. The third kappa shape index (κ3) is 2.15. The van der Waals surface area contributed by atoms with Gasteiger partial charge in [-0.15, -0.1) is 0 Å². The van der Waals surface area contributed by atoms with Gasteiger partial charge in [0, 0.05) is 29.9 Å². The Morgan fingerprint density at radius 1 is 1.23 bits per heavy atom. The van der Waals surface area contributed by atoms with E-state index < -0.39 is 11.1 Å². The van der Waals surface area contributed by atoms with E-state index in [-0.39, 0.29) is 12.1 Å². The van der Waals surface area contributed by atoms with Crippen molar-refractivity contribution in [2.24, 2.45) is 10.7 Å². The molecule has 1 aromatic heterocycles. The van der Waals surface area contributed by atoms with E-state index in [2.05, 4.69) is 23.0 Å². The van der Waals surface area contributed by atoms with Crippen molar-refractivity contribution in [3.05, 3.63) is 47.2 Å². The molecule has 2 N–H and O–H groups in total. The quantitative estimate of drug-likeness (QED) is 0.833. The predicted molar refractivity (Wildman–Crippen MR) is 97.3 cm³/mol. The van der Waals surface area contributed by atoms with Gasteiger partial charge < -0.3 is 19.9 Å². The van der Waals surface area contributed by atoms with E-state index >= 15 is 0 Å². The molecule has 3 aliphatic heterocycles. The zero-order valence-electron chi connectivity index (χ0n) is 14.2. The zero-order valence-corrected chi connectivity index (χ0v) is 15.0. The van der Waals surface area contributed by atoms with Gasteiger partial charge in [-0.1, -0.05) is 17.7 Å². The molecular weight excluding hydrogens is 354 g/mol. The largest absolute Gasteiger partial charge is 0.484 e. The van der Waals surface area contributed by atoms with Crippen LogP contribution in [0.25, 0.3) is 11.1 Å². The fraction of sp³-hybridized carbons (Fsp3) is 0.368. The van der Waals surface area contributed by atoms with Crippen molar-refractivity contribution in [1.82, 2.24) is 4.98 Å². The number of pyridine rings is 1. The molecule has 2 aromatic rings. The van der Waals surface area contributed by atoms with Crippen LogP contribution in [0.3, 0.4) is 0 Å². The molecule has 7 heteroatoms. The van der Waals surface area contributed by atoms with E-state index in [0.717, 1.165) is 28.9 Å². The molecule has 0 bridgehead atoms. The maximum Gasteiger partial charge on any atom is 0.283 e. The lowest BCUT2D eigenvalue weighted by Crippen LogP contribution is -2.57. The van der Waals surface area contributed by atoms with Crippen molar-refractivity contribution in [1.29, 1.82) is 0 Å². The average Bonchev–Trinajstić information content (AvgIpc) is 3.19. The molecule has 3 atom stereocenters. The molecule has 5 rings (SSSR count). The molecule has 1 fully saturated rings. The van der Waals surface area contributed by atoms with Crippen LogP contribution in [-0.4, -0.2) is 35.9 Å². The second-order valence-electron chi connectivity index (χ2n) is 7.18. The highest BCUT2D eigenvalue weighted by molar-refractivity contribution is 6.30. The van der Waals surface area contributed by atoms with Gasteiger partial charge in [-0.2, -0.15) is 0 Å². The summed E-state index contributed by atoms with van der Waals surface area (Å²) in [6, 6.07) is 8.09. The van der Waals surface area contributed by atoms with Gasteiger partial charge in [-0.3, -0.25) is 4.98 Å². The first-order chi connectivity index (χ1) is 12.5.